The molecule has 0 radical (unpaired) electrons. The molecule has 0 saturated carbocycles. The third-order valence-electron chi connectivity index (χ3n) is 4.72. The van der Waals surface area contributed by atoms with Gasteiger partial charge in [0.15, 0.2) is 28.8 Å². The molecule has 0 aliphatic heterocycles. The Bertz CT molecular complexity index is 1240. The van der Waals surface area contributed by atoms with Crippen LogP contribution in [0, 0.1) is 0 Å². The lowest BCUT2D eigenvalue weighted by Crippen LogP contribution is -2.30. The molecule has 0 amide bonds. The average molecular weight is 583 g/mol. The zero-order valence-corrected chi connectivity index (χ0v) is 23.4. The van der Waals surface area contributed by atoms with Gasteiger partial charge in [0.05, 0.1) is 14.2 Å². The molecule has 0 bridgehead atoms. The second-order valence-corrected chi connectivity index (χ2v) is 7.88. The summed E-state index contributed by atoms with van der Waals surface area (Å²) >= 11 is 0. The summed E-state index contributed by atoms with van der Waals surface area (Å²) in [6.07, 6.45) is 6.70. The Labute approximate surface area is 239 Å². The molecule has 0 aliphatic carbocycles. The first-order chi connectivity index (χ1) is 17.5. The first-order valence-corrected chi connectivity index (χ1v) is 11.2. The van der Waals surface area contributed by atoms with E-state index in [4.69, 9.17) is 30.4 Å². The van der Waals surface area contributed by atoms with Crippen molar-refractivity contribution in [3.63, 3.8) is 0 Å². The van der Waals surface area contributed by atoms with E-state index in [2.05, 4.69) is 0 Å². The number of ether oxygens (including phenoxy) is 4. The minimum absolute atomic E-state index is 0. The highest BCUT2D eigenvalue weighted by atomic mass is 35.5. The Hall–Kier alpha value is -3.83. The Morgan fingerprint density at radius 3 is 1.54 bits per heavy atom. The Morgan fingerprint density at radius 1 is 0.744 bits per heavy atom. The number of carbonyl (C=O) groups is 3. The third-order valence-corrected chi connectivity index (χ3v) is 4.72. The average Bonchev–Trinajstić information content (AvgIpc) is 2.87. The molecule has 0 spiro atoms. The first kappa shape index (κ1) is 35.2. The Balaban J connectivity index is 0.00000722. The highest BCUT2D eigenvalue weighted by molar-refractivity contribution is 6.02. The van der Waals surface area contributed by atoms with Gasteiger partial charge in [0.1, 0.15) is 17.8 Å². The van der Waals surface area contributed by atoms with Crippen LogP contribution in [0.15, 0.2) is 60.4 Å². The molecule has 0 aliphatic rings. The minimum atomic E-state index is -0.790. The van der Waals surface area contributed by atoms with Gasteiger partial charge < -0.3 is 35.5 Å². The van der Waals surface area contributed by atoms with Crippen molar-refractivity contribution in [3.8, 4) is 23.0 Å². The number of ketones is 1. The molecular weight excluding hydrogens is 551 g/mol. The van der Waals surface area contributed by atoms with Crippen molar-refractivity contribution in [3.05, 3.63) is 71.5 Å². The fraction of sp³-hybridized carbons (Fsp3) is 0.222. The highest BCUT2D eigenvalue weighted by Gasteiger charge is 2.15. The number of esters is 2. The number of nitrogens with two attached hydrogens (primary N) is 2. The second-order valence-electron chi connectivity index (χ2n) is 7.88. The van der Waals surface area contributed by atoms with Crippen LogP contribution >= 0.6 is 24.8 Å². The van der Waals surface area contributed by atoms with Crippen LogP contribution in [0.4, 0.5) is 0 Å². The van der Waals surface area contributed by atoms with E-state index in [0.29, 0.717) is 22.6 Å². The Kier molecular flexibility index (Phi) is 15.2. The normalized spacial score (nSPS) is 12.6. The van der Waals surface area contributed by atoms with Gasteiger partial charge in [0.25, 0.3) is 0 Å². The van der Waals surface area contributed by atoms with Crippen molar-refractivity contribution in [2.45, 2.75) is 25.9 Å². The molecule has 2 atom stereocenters. The van der Waals surface area contributed by atoms with Crippen LogP contribution in [0.2, 0.25) is 0 Å². The third kappa shape index (κ3) is 11.2. The molecule has 0 aromatic heterocycles. The van der Waals surface area contributed by atoms with Crippen LogP contribution in [0.25, 0.3) is 12.2 Å². The van der Waals surface area contributed by atoms with E-state index in [1.54, 1.807) is 30.3 Å². The van der Waals surface area contributed by atoms with Gasteiger partial charge in [-0.25, -0.2) is 9.59 Å². The predicted octanol–water partition coefficient (Wildman–Crippen LogP) is 3.79. The number of aliphatic hydroxyl groups is 1. The summed E-state index contributed by atoms with van der Waals surface area (Å²) in [7, 11) is 2.84. The van der Waals surface area contributed by atoms with Gasteiger partial charge >= 0.3 is 11.9 Å². The van der Waals surface area contributed by atoms with Crippen molar-refractivity contribution >= 4 is 54.7 Å². The van der Waals surface area contributed by atoms with Gasteiger partial charge in [-0.15, -0.1) is 24.8 Å². The summed E-state index contributed by atoms with van der Waals surface area (Å²) in [5.41, 5.74) is 12.2. The first-order valence-electron chi connectivity index (χ1n) is 11.2. The van der Waals surface area contributed by atoms with Gasteiger partial charge in [-0.1, -0.05) is 24.3 Å². The number of benzene rings is 2. The quantitative estimate of drug-likeness (QED) is 0.117. The molecule has 212 valence electrons. The van der Waals surface area contributed by atoms with E-state index in [9.17, 15) is 19.5 Å². The molecule has 0 heterocycles. The van der Waals surface area contributed by atoms with E-state index in [1.807, 2.05) is 0 Å². The SMILES string of the molecule is COc1cc(/C=C/C(=O)C=C(O)/C=C/c2ccc(OC(=O)[C@H](C)N)c(OC)c2)ccc1OC(=O)[C@H](C)N.Cl.Cl. The maximum Gasteiger partial charge on any atom is 0.328 e. The molecule has 12 heteroatoms. The monoisotopic (exact) mass is 582 g/mol. The number of rotatable bonds is 11. The summed E-state index contributed by atoms with van der Waals surface area (Å²) in [4.78, 5) is 35.7. The summed E-state index contributed by atoms with van der Waals surface area (Å²) in [6.45, 7) is 3.01. The number of carbonyl (C=O) groups excluding carboxylic acids is 3. The van der Waals surface area contributed by atoms with Crippen LogP contribution in [0.1, 0.15) is 25.0 Å². The number of methoxy groups -OCH3 is 2. The van der Waals surface area contributed by atoms with Crippen molar-refractivity contribution in [1.29, 1.82) is 0 Å². The van der Waals surface area contributed by atoms with Gasteiger partial charge in [-0.05, 0) is 61.4 Å². The number of halogens is 2. The second kappa shape index (κ2) is 16.9. The minimum Gasteiger partial charge on any atom is -0.508 e. The molecule has 2 aromatic carbocycles. The van der Waals surface area contributed by atoms with Crippen molar-refractivity contribution < 1.29 is 38.4 Å². The zero-order chi connectivity index (χ0) is 27.5. The lowest BCUT2D eigenvalue weighted by molar-refractivity contribution is -0.136. The van der Waals surface area contributed by atoms with E-state index < -0.39 is 29.8 Å². The maximum atomic E-state index is 12.2. The maximum absolute atomic E-state index is 12.2. The van der Waals surface area contributed by atoms with Crippen molar-refractivity contribution in [2.24, 2.45) is 11.5 Å². The van der Waals surface area contributed by atoms with Gasteiger partial charge in [0, 0.05) is 6.08 Å². The van der Waals surface area contributed by atoms with Crippen LogP contribution < -0.4 is 30.4 Å². The number of allylic oxidation sites excluding steroid dienone is 3. The fourth-order valence-corrected chi connectivity index (χ4v) is 2.75. The molecule has 5 N–H and O–H groups in total. The fourth-order valence-electron chi connectivity index (χ4n) is 2.75. The number of aliphatic hydroxyl groups excluding tert-OH is 1. The number of hydrogen-bond acceptors (Lipinski definition) is 10. The lowest BCUT2D eigenvalue weighted by Gasteiger charge is -2.11. The molecule has 2 aromatic rings. The molecular formula is C27H32Cl2N2O8. The zero-order valence-electron chi connectivity index (χ0n) is 21.8. The van der Waals surface area contributed by atoms with E-state index in [0.717, 1.165) is 6.08 Å². The summed E-state index contributed by atoms with van der Waals surface area (Å²) in [6, 6.07) is 7.92. The Morgan fingerprint density at radius 2 is 1.15 bits per heavy atom. The van der Waals surface area contributed by atoms with Gasteiger partial charge in [-0.2, -0.15) is 0 Å². The molecule has 0 saturated heterocycles. The van der Waals surface area contributed by atoms with Gasteiger partial charge in [0.2, 0.25) is 0 Å². The molecule has 0 fully saturated rings. The largest absolute Gasteiger partial charge is 0.508 e. The van der Waals surface area contributed by atoms with Crippen molar-refractivity contribution in [1.82, 2.24) is 0 Å². The molecule has 0 unspecified atom stereocenters. The molecule has 39 heavy (non-hydrogen) atoms. The van der Waals surface area contributed by atoms with Crippen LogP contribution in [-0.4, -0.2) is 49.1 Å². The molecule has 2 rings (SSSR count). The van der Waals surface area contributed by atoms with Crippen LogP contribution in [0.5, 0.6) is 23.0 Å². The van der Waals surface area contributed by atoms with Crippen LogP contribution in [-0.2, 0) is 14.4 Å². The predicted molar refractivity (Wildman–Crippen MR) is 153 cm³/mol. The topological polar surface area (TPSA) is 160 Å². The van der Waals surface area contributed by atoms with Crippen LogP contribution in [0.3, 0.4) is 0 Å². The standard InChI is InChI=1S/C27H30N2O8.2ClH/c1-16(28)26(32)36-22-11-7-18(13-24(22)34-3)5-9-20(30)15-21(31)10-6-19-8-12-23(25(14-19)35-4)37-27(33)17(2)29;;/h5-17,30H,28-29H2,1-4H3;2*1H/b9-5+,10-6+,20-15?;;/t16-,17-;;/m0../s1. The van der Waals surface area contributed by atoms with Crippen molar-refractivity contribution in [2.75, 3.05) is 14.2 Å². The summed E-state index contributed by atoms with van der Waals surface area (Å²) in [5.74, 6) is -0.962. The smallest absolute Gasteiger partial charge is 0.328 e. The lowest BCUT2D eigenvalue weighted by atomic mass is 10.1. The summed E-state index contributed by atoms with van der Waals surface area (Å²) < 4.78 is 20.8. The van der Waals surface area contributed by atoms with Gasteiger partial charge in [-0.3, -0.25) is 4.79 Å². The van der Waals surface area contributed by atoms with E-state index in [-0.39, 0.29) is 42.1 Å². The van der Waals surface area contributed by atoms with E-state index >= 15 is 0 Å². The van der Waals surface area contributed by atoms with E-state index in [1.165, 1.54) is 58.4 Å². The summed E-state index contributed by atoms with van der Waals surface area (Å²) in [5, 5.41) is 10.1. The highest BCUT2D eigenvalue weighted by Crippen LogP contribution is 2.30. The number of hydrogen-bond donors (Lipinski definition) is 3. The molecule has 10 nitrogen and oxygen atoms in total.